The summed E-state index contributed by atoms with van der Waals surface area (Å²) in [6, 6.07) is 5.46. The average Bonchev–Trinajstić information content (AvgIpc) is 2.16. The monoisotopic (exact) mass is 257 g/mol. The number of carboxylic acid groups (broad SMARTS) is 1. The molecule has 0 saturated heterocycles. The largest absolute Gasteiger partial charge is 0.478 e. The highest BCUT2D eigenvalue weighted by Crippen LogP contribution is 2.31. The van der Waals surface area contributed by atoms with Gasteiger partial charge in [0.05, 0.1) is 12.2 Å². The lowest BCUT2D eigenvalue weighted by atomic mass is 10.2. The van der Waals surface area contributed by atoms with Crippen molar-refractivity contribution in [2.24, 2.45) is 0 Å². The number of carboxylic acids is 1. The number of halogens is 1. The highest BCUT2D eigenvalue weighted by molar-refractivity contribution is 9.10. The van der Waals surface area contributed by atoms with E-state index < -0.39 is 12.1 Å². The maximum atomic E-state index is 10.7. The first-order chi connectivity index (χ1) is 6.66. The number of carbonyl (C=O) groups is 1. The Kier molecular flexibility index (Phi) is 2.33. The van der Waals surface area contributed by atoms with E-state index in [2.05, 4.69) is 21.2 Å². The molecule has 1 aliphatic rings. The van der Waals surface area contributed by atoms with Crippen LogP contribution in [-0.4, -0.2) is 23.7 Å². The predicted molar refractivity (Wildman–Crippen MR) is 54.7 cm³/mol. The van der Waals surface area contributed by atoms with Crippen molar-refractivity contribution < 1.29 is 14.6 Å². The Bertz CT molecular complexity index is 380. The maximum absolute atomic E-state index is 10.7. The van der Waals surface area contributed by atoms with E-state index >= 15 is 0 Å². The standard InChI is InChI=1S/C9H8BrNO3/c10-5-1-2-6-7(3-5)14-8(4-11-6)9(12)13/h1-3,8,11H,4H2,(H,12,13)/t8-/m0/s1. The van der Waals surface area contributed by atoms with Crippen molar-refractivity contribution in [1.82, 2.24) is 0 Å². The minimum Gasteiger partial charge on any atom is -0.478 e. The van der Waals surface area contributed by atoms with Crippen molar-refractivity contribution in [3.05, 3.63) is 22.7 Å². The van der Waals surface area contributed by atoms with E-state index in [-0.39, 0.29) is 0 Å². The van der Waals surface area contributed by atoms with Gasteiger partial charge in [-0.15, -0.1) is 0 Å². The molecule has 0 amide bonds. The molecule has 1 heterocycles. The minimum atomic E-state index is -0.955. The summed E-state index contributed by atoms with van der Waals surface area (Å²) in [5.74, 6) is -0.388. The van der Waals surface area contributed by atoms with Crippen LogP contribution >= 0.6 is 15.9 Å². The molecule has 1 aromatic rings. The summed E-state index contributed by atoms with van der Waals surface area (Å²) in [6.45, 7) is 0.296. The minimum absolute atomic E-state index is 0.296. The molecule has 0 aliphatic carbocycles. The van der Waals surface area contributed by atoms with E-state index in [4.69, 9.17) is 9.84 Å². The van der Waals surface area contributed by atoms with Crippen molar-refractivity contribution in [2.45, 2.75) is 6.10 Å². The number of fused-ring (bicyclic) bond motifs is 1. The van der Waals surface area contributed by atoms with Crippen LogP contribution in [0.2, 0.25) is 0 Å². The first-order valence-corrected chi connectivity index (χ1v) is 4.89. The third kappa shape index (κ3) is 1.68. The number of hydrogen-bond donors (Lipinski definition) is 2. The summed E-state index contributed by atoms with van der Waals surface area (Å²) in [7, 11) is 0. The summed E-state index contributed by atoms with van der Waals surface area (Å²) in [5.41, 5.74) is 0.825. The van der Waals surface area contributed by atoms with Crippen LogP contribution in [0.3, 0.4) is 0 Å². The number of ether oxygens (including phenoxy) is 1. The molecular weight excluding hydrogens is 250 g/mol. The Morgan fingerprint density at radius 3 is 3.14 bits per heavy atom. The Balaban J connectivity index is 2.29. The van der Waals surface area contributed by atoms with Crippen molar-refractivity contribution >= 4 is 27.6 Å². The number of nitrogens with one attached hydrogen (secondary N) is 1. The highest BCUT2D eigenvalue weighted by Gasteiger charge is 2.25. The smallest absolute Gasteiger partial charge is 0.346 e. The number of anilines is 1. The molecule has 1 aromatic carbocycles. The number of benzene rings is 1. The lowest BCUT2D eigenvalue weighted by molar-refractivity contribution is -0.144. The molecule has 1 aliphatic heterocycles. The van der Waals surface area contributed by atoms with Gasteiger partial charge in [0.25, 0.3) is 0 Å². The average molecular weight is 258 g/mol. The lowest BCUT2D eigenvalue weighted by Crippen LogP contribution is -2.37. The van der Waals surface area contributed by atoms with Gasteiger partial charge in [0.1, 0.15) is 5.75 Å². The van der Waals surface area contributed by atoms with Gasteiger partial charge in [-0.3, -0.25) is 0 Å². The third-order valence-corrected chi connectivity index (χ3v) is 2.46. The van der Waals surface area contributed by atoms with Gasteiger partial charge in [-0.1, -0.05) is 15.9 Å². The molecular formula is C9H8BrNO3. The molecule has 0 aromatic heterocycles. The third-order valence-electron chi connectivity index (χ3n) is 1.97. The Morgan fingerprint density at radius 2 is 2.43 bits per heavy atom. The molecule has 2 rings (SSSR count). The zero-order valence-electron chi connectivity index (χ0n) is 7.16. The van der Waals surface area contributed by atoms with Crippen LogP contribution in [-0.2, 0) is 4.79 Å². The molecule has 5 heteroatoms. The fraction of sp³-hybridized carbons (Fsp3) is 0.222. The maximum Gasteiger partial charge on any atom is 0.346 e. The number of hydrogen-bond acceptors (Lipinski definition) is 3. The first-order valence-electron chi connectivity index (χ1n) is 4.10. The van der Waals surface area contributed by atoms with Gasteiger partial charge in [0.15, 0.2) is 0 Å². The summed E-state index contributed by atoms with van der Waals surface area (Å²) < 4.78 is 6.15. The molecule has 0 saturated carbocycles. The van der Waals surface area contributed by atoms with Gasteiger partial charge in [-0.25, -0.2) is 4.79 Å². The van der Waals surface area contributed by atoms with Crippen molar-refractivity contribution in [3.63, 3.8) is 0 Å². The second-order valence-electron chi connectivity index (χ2n) is 2.97. The zero-order valence-corrected chi connectivity index (χ0v) is 8.74. The molecule has 14 heavy (non-hydrogen) atoms. The van der Waals surface area contributed by atoms with Crippen molar-refractivity contribution in [2.75, 3.05) is 11.9 Å². The number of aliphatic carboxylic acids is 1. The molecule has 1 atom stereocenters. The summed E-state index contributed by atoms with van der Waals surface area (Å²) in [5, 5.41) is 11.8. The normalized spacial score (nSPS) is 19.1. The molecule has 4 nitrogen and oxygen atoms in total. The Morgan fingerprint density at radius 1 is 1.64 bits per heavy atom. The molecule has 2 N–H and O–H groups in total. The molecule has 0 spiro atoms. The quantitative estimate of drug-likeness (QED) is 0.805. The summed E-state index contributed by atoms with van der Waals surface area (Å²) >= 11 is 3.29. The molecule has 74 valence electrons. The second kappa shape index (κ2) is 3.49. The molecule has 0 unspecified atom stereocenters. The van der Waals surface area contributed by atoms with E-state index in [1.54, 1.807) is 6.07 Å². The van der Waals surface area contributed by atoms with Gasteiger partial charge in [0.2, 0.25) is 6.10 Å². The summed E-state index contributed by atoms with van der Waals surface area (Å²) in [6.07, 6.45) is -0.809. The molecule has 0 fully saturated rings. The van der Waals surface area contributed by atoms with E-state index in [0.29, 0.717) is 12.3 Å². The van der Waals surface area contributed by atoms with Crippen molar-refractivity contribution in [3.8, 4) is 5.75 Å². The Labute approximate surface area is 89.0 Å². The predicted octanol–water partition coefficient (Wildman–Crippen LogP) is 1.71. The SMILES string of the molecule is O=C(O)[C@@H]1CNc2ccc(Br)cc2O1. The van der Waals surface area contributed by atoms with Crippen LogP contribution in [0.1, 0.15) is 0 Å². The van der Waals surface area contributed by atoms with Gasteiger partial charge in [-0.2, -0.15) is 0 Å². The van der Waals surface area contributed by atoms with Gasteiger partial charge >= 0.3 is 5.97 Å². The fourth-order valence-corrected chi connectivity index (χ4v) is 1.62. The van der Waals surface area contributed by atoms with Gasteiger partial charge in [-0.05, 0) is 18.2 Å². The topological polar surface area (TPSA) is 58.6 Å². The van der Waals surface area contributed by atoms with E-state index in [1.807, 2.05) is 12.1 Å². The lowest BCUT2D eigenvalue weighted by Gasteiger charge is -2.24. The van der Waals surface area contributed by atoms with E-state index in [9.17, 15) is 4.79 Å². The van der Waals surface area contributed by atoms with E-state index in [1.165, 1.54) is 0 Å². The van der Waals surface area contributed by atoms with Crippen LogP contribution in [0.4, 0.5) is 5.69 Å². The van der Waals surface area contributed by atoms with Crippen LogP contribution in [0.15, 0.2) is 22.7 Å². The number of rotatable bonds is 1. The zero-order chi connectivity index (χ0) is 10.1. The Hall–Kier alpha value is -1.23. The summed E-state index contributed by atoms with van der Waals surface area (Å²) in [4.78, 5) is 10.7. The van der Waals surface area contributed by atoms with Gasteiger partial charge < -0.3 is 15.2 Å². The molecule has 0 bridgehead atoms. The van der Waals surface area contributed by atoms with Crippen LogP contribution in [0, 0.1) is 0 Å². The first kappa shape index (κ1) is 9.33. The van der Waals surface area contributed by atoms with Crippen LogP contribution in [0.5, 0.6) is 5.75 Å². The fourth-order valence-electron chi connectivity index (χ4n) is 1.28. The van der Waals surface area contributed by atoms with Gasteiger partial charge in [0, 0.05) is 4.47 Å². The highest BCUT2D eigenvalue weighted by atomic mass is 79.9. The second-order valence-corrected chi connectivity index (χ2v) is 3.88. The van der Waals surface area contributed by atoms with E-state index in [0.717, 1.165) is 10.2 Å². The van der Waals surface area contributed by atoms with Crippen LogP contribution < -0.4 is 10.1 Å². The van der Waals surface area contributed by atoms with Crippen molar-refractivity contribution in [1.29, 1.82) is 0 Å². The molecule has 0 radical (unpaired) electrons. The van der Waals surface area contributed by atoms with Crippen LogP contribution in [0.25, 0.3) is 0 Å².